The van der Waals surface area contributed by atoms with Crippen LogP contribution < -0.4 is 5.73 Å². The molecule has 4 N–H and O–H groups in total. The van der Waals surface area contributed by atoms with Gasteiger partial charge >= 0.3 is 19.8 Å². The minimum atomic E-state index is -4.62. The Morgan fingerprint density at radius 1 is 0.541 bits per heavy atom. The van der Waals surface area contributed by atoms with E-state index in [4.69, 9.17) is 29.4 Å². The van der Waals surface area contributed by atoms with Gasteiger partial charge < -0.3 is 25.2 Å². The summed E-state index contributed by atoms with van der Waals surface area (Å²) in [6.45, 7) is 3.79. The number of phosphoric acid groups is 1. The first-order chi connectivity index (χ1) is 29.7. The van der Waals surface area contributed by atoms with Crippen molar-refractivity contribution in [2.24, 2.45) is 5.73 Å². The van der Waals surface area contributed by atoms with E-state index in [1.54, 1.807) is 0 Å². The van der Waals surface area contributed by atoms with Crippen LogP contribution in [0.25, 0.3) is 0 Å². The molecule has 0 aromatic heterocycles. The second-order valence-corrected chi connectivity index (χ2v) is 18.0. The van der Waals surface area contributed by atoms with Gasteiger partial charge in [-0.3, -0.25) is 18.6 Å². The fourth-order valence-corrected chi connectivity index (χ4v) is 7.61. The van der Waals surface area contributed by atoms with Crippen LogP contribution in [0.15, 0.2) is 48.6 Å². The zero-order valence-electron chi connectivity index (χ0n) is 39.0. The standard InChI is InChI=1S/C50H92NO9P/c1-3-5-7-9-11-13-15-17-19-21-22-23-24-25-27-29-31-33-35-37-39-41-43-57-44-47(45-58-61(55,56)59-46-48(51)50(53)54)60-49(52)42-40-38-36-34-32-30-28-26-20-18-16-14-12-10-8-6-4-2/h5,7,11,13,17,19,22-23,47-48H,3-4,6,8-10,12,14-16,18,20-21,24-46,51H2,1-2H3,(H,53,54)(H,55,56)/b7-5-,13-11-,19-17-,23-22-. The third kappa shape index (κ3) is 45.8. The Hall–Kier alpha value is -2.07. The number of aliphatic carboxylic acids is 1. The van der Waals surface area contributed by atoms with Crippen molar-refractivity contribution in [3.05, 3.63) is 48.6 Å². The average molecular weight is 882 g/mol. The van der Waals surface area contributed by atoms with Crippen LogP contribution in [0, 0.1) is 0 Å². The predicted molar refractivity (Wildman–Crippen MR) is 254 cm³/mol. The lowest BCUT2D eigenvalue weighted by Crippen LogP contribution is -2.34. The van der Waals surface area contributed by atoms with Crippen molar-refractivity contribution >= 4 is 19.8 Å². The molecule has 0 aliphatic rings. The van der Waals surface area contributed by atoms with Crippen LogP contribution in [0.5, 0.6) is 0 Å². The highest BCUT2D eigenvalue weighted by Gasteiger charge is 2.27. The van der Waals surface area contributed by atoms with Crippen molar-refractivity contribution < 1.29 is 42.7 Å². The van der Waals surface area contributed by atoms with Crippen LogP contribution in [-0.2, 0) is 32.7 Å². The summed E-state index contributed by atoms with van der Waals surface area (Å²) in [5.41, 5.74) is 5.37. The third-order valence-electron chi connectivity index (χ3n) is 10.6. The van der Waals surface area contributed by atoms with Gasteiger partial charge in [0.25, 0.3) is 0 Å². The number of rotatable bonds is 47. The van der Waals surface area contributed by atoms with Crippen LogP contribution in [-0.4, -0.2) is 60.5 Å². The van der Waals surface area contributed by atoms with E-state index in [0.717, 1.165) is 64.2 Å². The molecule has 0 spiro atoms. The molecule has 0 bridgehead atoms. The van der Waals surface area contributed by atoms with Gasteiger partial charge in [-0.05, 0) is 51.4 Å². The number of unbranched alkanes of at least 4 members (excludes halogenated alkanes) is 25. The monoisotopic (exact) mass is 882 g/mol. The maximum atomic E-state index is 12.7. The summed E-state index contributed by atoms with van der Waals surface area (Å²) in [7, 11) is -4.62. The Labute approximate surface area is 373 Å². The maximum Gasteiger partial charge on any atom is 0.472 e. The normalized spacial score (nSPS) is 14.2. The molecular formula is C50H92NO9P. The van der Waals surface area contributed by atoms with Crippen LogP contribution in [0.4, 0.5) is 0 Å². The van der Waals surface area contributed by atoms with Crippen LogP contribution >= 0.6 is 7.82 Å². The molecule has 61 heavy (non-hydrogen) atoms. The first-order valence-corrected chi connectivity index (χ1v) is 26.2. The molecule has 0 saturated heterocycles. The molecule has 0 radical (unpaired) electrons. The number of nitrogens with two attached hydrogens (primary N) is 1. The number of carbonyl (C=O) groups is 2. The maximum absolute atomic E-state index is 12.7. The summed E-state index contributed by atoms with van der Waals surface area (Å²) >= 11 is 0. The molecule has 11 heteroatoms. The molecule has 0 aromatic rings. The number of carboxylic acids is 1. The number of esters is 1. The fourth-order valence-electron chi connectivity index (χ4n) is 6.83. The molecule has 0 fully saturated rings. The molecule has 0 amide bonds. The summed E-state index contributed by atoms with van der Waals surface area (Å²) in [6, 6.07) is -1.47. The minimum Gasteiger partial charge on any atom is -0.480 e. The van der Waals surface area contributed by atoms with E-state index in [-0.39, 0.29) is 13.0 Å². The lowest BCUT2D eigenvalue weighted by molar-refractivity contribution is -0.154. The number of hydrogen-bond acceptors (Lipinski definition) is 8. The van der Waals surface area contributed by atoms with Gasteiger partial charge in [0.05, 0.1) is 19.8 Å². The second kappa shape index (κ2) is 45.9. The lowest BCUT2D eigenvalue weighted by atomic mass is 10.0. The van der Waals surface area contributed by atoms with Crippen molar-refractivity contribution in [1.29, 1.82) is 0 Å². The van der Waals surface area contributed by atoms with Crippen molar-refractivity contribution in [1.82, 2.24) is 0 Å². The van der Waals surface area contributed by atoms with Gasteiger partial charge in [-0.25, -0.2) is 4.57 Å². The SMILES string of the molecule is CC/C=C\C/C=C\C/C=C\C/C=C\CCCCCCCCCCCOCC(COP(=O)(O)OCC(N)C(=O)O)OC(=O)CCCCCCCCCCCCCCCCCCC. The molecule has 0 heterocycles. The molecule has 3 unspecified atom stereocenters. The summed E-state index contributed by atoms with van der Waals surface area (Å²) < 4.78 is 33.5. The molecule has 0 rings (SSSR count). The van der Waals surface area contributed by atoms with Gasteiger partial charge in [-0.2, -0.15) is 0 Å². The number of carboxylic acid groups (broad SMARTS) is 1. The molecule has 3 atom stereocenters. The Morgan fingerprint density at radius 3 is 1.43 bits per heavy atom. The van der Waals surface area contributed by atoms with E-state index < -0.39 is 45.1 Å². The zero-order chi connectivity index (χ0) is 44.8. The highest BCUT2D eigenvalue weighted by atomic mass is 31.2. The summed E-state index contributed by atoms with van der Waals surface area (Å²) in [5, 5.41) is 8.92. The number of carbonyl (C=O) groups excluding carboxylic acids is 1. The molecule has 0 aliphatic heterocycles. The van der Waals surface area contributed by atoms with Gasteiger partial charge in [0.15, 0.2) is 0 Å². The van der Waals surface area contributed by atoms with Crippen molar-refractivity contribution in [3.8, 4) is 0 Å². The number of allylic oxidation sites excluding steroid dienone is 8. The van der Waals surface area contributed by atoms with Gasteiger partial charge in [-0.15, -0.1) is 0 Å². The Balaban J connectivity index is 4.15. The minimum absolute atomic E-state index is 0.0142. The highest BCUT2D eigenvalue weighted by Crippen LogP contribution is 2.43. The highest BCUT2D eigenvalue weighted by molar-refractivity contribution is 7.47. The first kappa shape index (κ1) is 58.9. The van der Waals surface area contributed by atoms with E-state index in [0.29, 0.717) is 13.0 Å². The van der Waals surface area contributed by atoms with Crippen LogP contribution in [0.3, 0.4) is 0 Å². The molecule has 356 valence electrons. The average Bonchev–Trinajstić information content (AvgIpc) is 3.24. The second-order valence-electron chi connectivity index (χ2n) is 16.6. The molecule has 0 saturated carbocycles. The summed E-state index contributed by atoms with van der Waals surface area (Å²) in [4.78, 5) is 33.7. The van der Waals surface area contributed by atoms with Gasteiger partial charge in [-0.1, -0.05) is 210 Å². The smallest absolute Gasteiger partial charge is 0.472 e. The Kier molecular flexibility index (Phi) is 44.4. The zero-order valence-corrected chi connectivity index (χ0v) is 39.9. The van der Waals surface area contributed by atoms with E-state index in [1.165, 1.54) is 128 Å². The van der Waals surface area contributed by atoms with Gasteiger partial charge in [0.1, 0.15) is 12.1 Å². The quantitative estimate of drug-likeness (QED) is 0.0233. The molecular weight excluding hydrogens is 790 g/mol. The number of ether oxygens (including phenoxy) is 2. The molecule has 10 nitrogen and oxygen atoms in total. The van der Waals surface area contributed by atoms with Crippen LogP contribution in [0.1, 0.15) is 219 Å². The van der Waals surface area contributed by atoms with Crippen LogP contribution in [0.2, 0.25) is 0 Å². The van der Waals surface area contributed by atoms with Crippen molar-refractivity contribution in [3.63, 3.8) is 0 Å². The fraction of sp³-hybridized carbons (Fsp3) is 0.800. The molecule has 0 aromatic carbocycles. The first-order valence-electron chi connectivity index (χ1n) is 24.7. The van der Waals surface area contributed by atoms with E-state index in [9.17, 15) is 19.0 Å². The summed E-state index contributed by atoms with van der Waals surface area (Å²) in [6.07, 6.45) is 54.5. The lowest BCUT2D eigenvalue weighted by Gasteiger charge is -2.20. The largest absolute Gasteiger partial charge is 0.480 e. The van der Waals surface area contributed by atoms with E-state index in [1.807, 2.05) is 0 Å². The molecule has 0 aliphatic carbocycles. The van der Waals surface area contributed by atoms with E-state index in [2.05, 4.69) is 62.5 Å². The predicted octanol–water partition coefficient (Wildman–Crippen LogP) is 14.2. The summed E-state index contributed by atoms with van der Waals surface area (Å²) in [5.74, 6) is -1.77. The Bertz CT molecular complexity index is 1160. The van der Waals surface area contributed by atoms with Crippen molar-refractivity contribution in [2.75, 3.05) is 26.4 Å². The number of hydrogen-bond donors (Lipinski definition) is 3. The van der Waals surface area contributed by atoms with E-state index >= 15 is 0 Å². The Morgan fingerprint density at radius 2 is 0.951 bits per heavy atom. The number of phosphoric ester groups is 1. The van der Waals surface area contributed by atoms with Gasteiger partial charge in [0, 0.05) is 13.0 Å². The third-order valence-corrected chi connectivity index (χ3v) is 11.6. The van der Waals surface area contributed by atoms with Crippen molar-refractivity contribution in [2.45, 2.75) is 231 Å². The topological polar surface area (TPSA) is 155 Å². The van der Waals surface area contributed by atoms with Gasteiger partial charge in [0.2, 0.25) is 0 Å².